The van der Waals surface area contributed by atoms with Crippen molar-refractivity contribution in [1.29, 1.82) is 0 Å². The van der Waals surface area contributed by atoms with Crippen molar-refractivity contribution < 1.29 is 4.79 Å². The number of aryl methyl sites for hydroxylation is 2. The van der Waals surface area contributed by atoms with Crippen LogP contribution in [0.4, 0.5) is 5.82 Å². The maximum absolute atomic E-state index is 13.0. The Balaban J connectivity index is 1.28. The summed E-state index contributed by atoms with van der Waals surface area (Å²) in [6.45, 7) is 9.74. The van der Waals surface area contributed by atoms with Gasteiger partial charge in [-0.1, -0.05) is 38.3 Å². The number of unbranched alkanes of at least 4 members (excludes halogenated alkanes) is 1. The van der Waals surface area contributed by atoms with Crippen molar-refractivity contribution in [3.8, 4) is 11.3 Å². The van der Waals surface area contributed by atoms with Crippen molar-refractivity contribution >= 4 is 11.7 Å². The minimum absolute atomic E-state index is 0.247. The van der Waals surface area contributed by atoms with Gasteiger partial charge in [-0.05, 0) is 74.8 Å². The lowest BCUT2D eigenvalue weighted by Gasteiger charge is -2.38. The molecule has 1 amide bonds. The first-order chi connectivity index (χ1) is 15.5. The quantitative estimate of drug-likeness (QED) is 0.610. The fourth-order valence-corrected chi connectivity index (χ4v) is 5.15. The largest absolute Gasteiger partial charge is 0.352 e. The van der Waals surface area contributed by atoms with Crippen LogP contribution >= 0.6 is 0 Å². The first kappa shape index (κ1) is 22.8. The highest BCUT2D eigenvalue weighted by Crippen LogP contribution is 2.33. The molecule has 0 unspecified atom stereocenters. The van der Waals surface area contributed by atoms with E-state index < -0.39 is 0 Å². The van der Waals surface area contributed by atoms with Gasteiger partial charge in [0.1, 0.15) is 0 Å². The Morgan fingerprint density at radius 2 is 1.69 bits per heavy atom. The number of carbonyl (C=O) groups is 1. The Kier molecular flexibility index (Phi) is 7.44. The van der Waals surface area contributed by atoms with Gasteiger partial charge in [0.05, 0.1) is 5.69 Å². The summed E-state index contributed by atoms with van der Waals surface area (Å²) < 4.78 is 0. The summed E-state index contributed by atoms with van der Waals surface area (Å²) in [4.78, 5) is 17.4. The number of hydrogen-bond acceptors (Lipinski definition) is 4. The lowest BCUT2D eigenvalue weighted by Crippen LogP contribution is -2.51. The van der Waals surface area contributed by atoms with Crippen molar-refractivity contribution in [2.75, 3.05) is 31.1 Å². The van der Waals surface area contributed by atoms with Crippen LogP contribution in [0, 0.1) is 25.7 Å². The van der Waals surface area contributed by atoms with Crippen molar-refractivity contribution in [3.05, 3.63) is 41.5 Å². The van der Waals surface area contributed by atoms with E-state index in [4.69, 9.17) is 0 Å². The van der Waals surface area contributed by atoms with Crippen LogP contribution in [0.2, 0.25) is 0 Å². The van der Waals surface area contributed by atoms with Gasteiger partial charge in [0.2, 0.25) is 5.91 Å². The highest BCUT2D eigenvalue weighted by molar-refractivity contribution is 5.79. The van der Waals surface area contributed by atoms with Crippen molar-refractivity contribution in [3.63, 3.8) is 0 Å². The molecule has 0 spiro atoms. The zero-order valence-electron chi connectivity index (χ0n) is 20.0. The molecule has 32 heavy (non-hydrogen) atoms. The van der Waals surface area contributed by atoms with Crippen molar-refractivity contribution in [2.45, 2.75) is 65.7 Å². The summed E-state index contributed by atoms with van der Waals surface area (Å²) in [7, 11) is 0. The molecule has 0 N–H and O–H groups in total. The van der Waals surface area contributed by atoms with Gasteiger partial charge < -0.3 is 9.80 Å². The highest BCUT2D eigenvalue weighted by Gasteiger charge is 2.31. The van der Waals surface area contributed by atoms with Crippen LogP contribution in [0.5, 0.6) is 0 Å². The molecule has 0 atom stereocenters. The number of benzene rings is 1. The fourth-order valence-electron chi connectivity index (χ4n) is 5.15. The average Bonchev–Trinajstić information content (AvgIpc) is 2.84. The number of hydrogen-bond donors (Lipinski definition) is 0. The molecule has 1 aliphatic carbocycles. The molecule has 2 aliphatic rings. The van der Waals surface area contributed by atoms with Crippen LogP contribution < -0.4 is 4.90 Å². The van der Waals surface area contributed by atoms with Gasteiger partial charge in [-0.3, -0.25) is 4.79 Å². The molecule has 2 heterocycles. The first-order valence-electron chi connectivity index (χ1n) is 12.5. The third kappa shape index (κ3) is 5.31. The molecule has 0 radical (unpaired) electrons. The second-order valence-corrected chi connectivity index (χ2v) is 9.75. The van der Waals surface area contributed by atoms with Gasteiger partial charge in [-0.15, -0.1) is 10.2 Å². The van der Waals surface area contributed by atoms with E-state index in [1.807, 2.05) is 0 Å². The number of rotatable bonds is 6. The molecule has 5 nitrogen and oxygen atoms in total. The van der Waals surface area contributed by atoms with Crippen molar-refractivity contribution in [1.82, 2.24) is 15.1 Å². The number of aromatic nitrogens is 2. The lowest BCUT2D eigenvalue weighted by atomic mass is 9.79. The summed E-state index contributed by atoms with van der Waals surface area (Å²) in [5, 5.41) is 8.97. The predicted molar refractivity (Wildman–Crippen MR) is 131 cm³/mol. The molecular formula is C27H38N4O. The third-order valence-corrected chi connectivity index (χ3v) is 7.53. The summed E-state index contributed by atoms with van der Waals surface area (Å²) in [6.07, 6.45) is 8.59. The first-order valence-corrected chi connectivity index (χ1v) is 12.5. The third-order valence-electron chi connectivity index (χ3n) is 7.53. The van der Waals surface area contributed by atoms with E-state index >= 15 is 0 Å². The van der Waals surface area contributed by atoms with Crippen LogP contribution in [0.25, 0.3) is 11.3 Å². The molecule has 2 fully saturated rings. The summed E-state index contributed by atoms with van der Waals surface area (Å²) in [5.74, 6) is 2.38. The zero-order chi connectivity index (χ0) is 22.5. The Hall–Kier alpha value is -2.43. The van der Waals surface area contributed by atoms with E-state index in [1.165, 1.54) is 43.2 Å². The number of carbonyl (C=O) groups excluding carboxylic acids is 1. The Morgan fingerprint density at radius 3 is 2.31 bits per heavy atom. The van der Waals surface area contributed by atoms with E-state index in [-0.39, 0.29) is 5.92 Å². The van der Waals surface area contributed by atoms with Gasteiger partial charge in [-0.2, -0.15) is 0 Å². The van der Waals surface area contributed by atoms with Crippen LogP contribution in [0.1, 0.15) is 63.0 Å². The second kappa shape index (κ2) is 10.5. The average molecular weight is 435 g/mol. The summed E-state index contributed by atoms with van der Waals surface area (Å²) >= 11 is 0. The SMILES string of the molecule is CCCCC1CCC(C(=O)N2CCN(c3ccc(-c4ccc(C)c(C)c4)nn3)CC2)CC1. The fraction of sp³-hybridized carbons (Fsp3) is 0.593. The van der Waals surface area contributed by atoms with E-state index in [0.717, 1.165) is 62.0 Å². The summed E-state index contributed by atoms with van der Waals surface area (Å²) in [6, 6.07) is 10.5. The summed E-state index contributed by atoms with van der Waals surface area (Å²) in [5.41, 5.74) is 4.56. The minimum Gasteiger partial charge on any atom is -0.352 e. The van der Waals surface area contributed by atoms with Gasteiger partial charge in [0.15, 0.2) is 5.82 Å². The monoisotopic (exact) mass is 434 g/mol. The Morgan fingerprint density at radius 1 is 0.938 bits per heavy atom. The van der Waals surface area contributed by atoms with Gasteiger partial charge >= 0.3 is 0 Å². The molecule has 2 aromatic rings. The van der Waals surface area contributed by atoms with Crippen molar-refractivity contribution in [2.24, 2.45) is 11.8 Å². The van der Waals surface area contributed by atoms with Gasteiger partial charge in [0.25, 0.3) is 0 Å². The molecule has 1 aromatic heterocycles. The van der Waals surface area contributed by atoms with Crippen LogP contribution in [-0.4, -0.2) is 47.2 Å². The van der Waals surface area contributed by atoms with Crippen LogP contribution in [0.3, 0.4) is 0 Å². The zero-order valence-corrected chi connectivity index (χ0v) is 20.0. The second-order valence-electron chi connectivity index (χ2n) is 9.75. The maximum Gasteiger partial charge on any atom is 0.225 e. The van der Waals surface area contributed by atoms with Crippen LogP contribution in [-0.2, 0) is 4.79 Å². The van der Waals surface area contributed by atoms with E-state index in [2.05, 4.69) is 71.1 Å². The number of amides is 1. The van der Waals surface area contributed by atoms with E-state index in [0.29, 0.717) is 5.91 Å². The Labute approximate surface area is 193 Å². The Bertz CT molecular complexity index is 894. The molecule has 5 heteroatoms. The molecule has 1 saturated carbocycles. The molecule has 172 valence electrons. The number of nitrogens with zero attached hydrogens (tertiary/aromatic N) is 4. The number of anilines is 1. The highest BCUT2D eigenvalue weighted by atomic mass is 16.2. The van der Waals surface area contributed by atoms with Crippen LogP contribution in [0.15, 0.2) is 30.3 Å². The maximum atomic E-state index is 13.0. The normalized spacial score (nSPS) is 21.6. The van der Waals surface area contributed by atoms with E-state index in [1.54, 1.807) is 0 Å². The number of piperazine rings is 1. The topological polar surface area (TPSA) is 49.3 Å². The molecule has 1 aromatic carbocycles. The standard InChI is InChI=1S/C27H38N4O/c1-4-5-6-22-8-11-23(12-9-22)27(32)31-17-15-30(16-18-31)26-14-13-25(28-29-26)24-10-7-20(2)21(3)19-24/h7,10,13-14,19,22-23H,4-6,8-9,11-12,15-18H2,1-3H3. The van der Waals surface area contributed by atoms with E-state index in [9.17, 15) is 4.79 Å². The molecule has 0 bridgehead atoms. The molecule has 4 rings (SSSR count). The molecule has 1 aliphatic heterocycles. The smallest absolute Gasteiger partial charge is 0.225 e. The van der Waals surface area contributed by atoms with Gasteiger partial charge in [-0.25, -0.2) is 0 Å². The van der Waals surface area contributed by atoms with Gasteiger partial charge in [0, 0.05) is 37.7 Å². The predicted octanol–water partition coefficient (Wildman–Crippen LogP) is 5.41. The molecular weight excluding hydrogens is 396 g/mol. The minimum atomic E-state index is 0.247. The lowest BCUT2D eigenvalue weighted by molar-refractivity contribution is -0.137. The molecule has 1 saturated heterocycles.